The molecular weight excluding hydrogens is 378 g/mol. The van der Waals surface area contributed by atoms with E-state index < -0.39 is 17.5 Å². The zero-order valence-electron chi connectivity index (χ0n) is 14.3. The summed E-state index contributed by atoms with van der Waals surface area (Å²) >= 11 is 1.36. The SMILES string of the molecule is CCc1nc(SCc2noc(CCC(=O)Nc3cc(F)cc(F)c3)n2)n[nH]1. The molecule has 11 heteroatoms. The van der Waals surface area contributed by atoms with Crippen LogP contribution in [-0.2, 0) is 23.4 Å². The van der Waals surface area contributed by atoms with Gasteiger partial charge in [0.25, 0.3) is 0 Å². The van der Waals surface area contributed by atoms with Gasteiger partial charge in [0.1, 0.15) is 17.5 Å². The molecule has 8 nitrogen and oxygen atoms in total. The number of nitrogens with zero attached hydrogens (tertiary/aromatic N) is 4. The molecule has 0 aliphatic carbocycles. The summed E-state index contributed by atoms with van der Waals surface area (Å²) in [5, 5.41) is 13.7. The maximum Gasteiger partial charge on any atom is 0.227 e. The van der Waals surface area contributed by atoms with Gasteiger partial charge >= 0.3 is 0 Å². The van der Waals surface area contributed by atoms with Gasteiger partial charge in [0.05, 0.1) is 5.75 Å². The number of aromatic amines is 1. The second-order valence-corrected chi connectivity index (χ2v) is 6.46. The van der Waals surface area contributed by atoms with E-state index in [1.165, 1.54) is 11.8 Å². The largest absolute Gasteiger partial charge is 0.339 e. The van der Waals surface area contributed by atoms with Gasteiger partial charge in [-0.25, -0.2) is 13.8 Å². The molecule has 0 saturated heterocycles. The molecule has 0 radical (unpaired) electrons. The average Bonchev–Trinajstić information content (AvgIpc) is 3.26. The lowest BCUT2D eigenvalue weighted by Crippen LogP contribution is -2.12. The van der Waals surface area contributed by atoms with Gasteiger partial charge in [0.2, 0.25) is 17.0 Å². The minimum absolute atomic E-state index is 0.0354. The molecule has 0 atom stereocenters. The van der Waals surface area contributed by atoms with Gasteiger partial charge in [-0.3, -0.25) is 9.89 Å². The Balaban J connectivity index is 1.46. The highest BCUT2D eigenvalue weighted by atomic mass is 32.2. The van der Waals surface area contributed by atoms with Crippen molar-refractivity contribution >= 4 is 23.4 Å². The van der Waals surface area contributed by atoms with Crippen LogP contribution in [0.2, 0.25) is 0 Å². The number of carbonyl (C=O) groups excluding carboxylic acids is 1. The van der Waals surface area contributed by atoms with E-state index in [9.17, 15) is 13.6 Å². The molecule has 2 aromatic heterocycles. The van der Waals surface area contributed by atoms with Gasteiger partial charge in [0.15, 0.2) is 5.82 Å². The van der Waals surface area contributed by atoms with Crippen LogP contribution in [0, 0.1) is 11.6 Å². The number of thioether (sulfide) groups is 1. The number of anilines is 1. The van der Waals surface area contributed by atoms with Gasteiger partial charge in [-0.15, -0.1) is 5.10 Å². The van der Waals surface area contributed by atoms with Crippen molar-refractivity contribution in [2.45, 2.75) is 37.1 Å². The number of hydrogen-bond acceptors (Lipinski definition) is 7. The number of halogens is 2. The van der Waals surface area contributed by atoms with Crippen molar-refractivity contribution in [1.29, 1.82) is 0 Å². The molecule has 0 unspecified atom stereocenters. The normalized spacial score (nSPS) is 10.9. The summed E-state index contributed by atoms with van der Waals surface area (Å²) in [6.07, 6.45) is 1.01. The molecule has 1 aromatic carbocycles. The second-order valence-electron chi connectivity index (χ2n) is 5.52. The Kier molecular flexibility index (Phi) is 6.12. The van der Waals surface area contributed by atoms with Crippen LogP contribution in [0.4, 0.5) is 14.5 Å². The quantitative estimate of drug-likeness (QED) is 0.565. The summed E-state index contributed by atoms with van der Waals surface area (Å²) in [7, 11) is 0. The number of aromatic nitrogens is 5. The molecule has 0 fully saturated rings. The average molecular weight is 394 g/mol. The van der Waals surface area contributed by atoms with Crippen LogP contribution >= 0.6 is 11.8 Å². The van der Waals surface area contributed by atoms with E-state index in [1.807, 2.05) is 6.92 Å². The number of aryl methyl sites for hydroxylation is 2. The topological polar surface area (TPSA) is 110 Å². The lowest BCUT2D eigenvalue weighted by Gasteiger charge is -2.04. The van der Waals surface area contributed by atoms with Gasteiger partial charge in [-0.05, 0) is 12.1 Å². The fraction of sp³-hybridized carbons (Fsp3) is 0.312. The number of rotatable bonds is 8. The molecule has 0 bridgehead atoms. The van der Waals surface area contributed by atoms with Crippen LogP contribution in [0.1, 0.15) is 30.9 Å². The number of nitrogens with one attached hydrogen (secondary N) is 2. The van der Waals surface area contributed by atoms with E-state index in [1.54, 1.807) is 0 Å². The van der Waals surface area contributed by atoms with E-state index >= 15 is 0 Å². The summed E-state index contributed by atoms with van der Waals surface area (Å²) in [4.78, 5) is 20.3. The summed E-state index contributed by atoms with van der Waals surface area (Å²) in [6, 6.07) is 2.81. The molecule has 0 spiro atoms. The van der Waals surface area contributed by atoms with Crippen molar-refractivity contribution in [2.24, 2.45) is 0 Å². The van der Waals surface area contributed by atoms with Gasteiger partial charge in [-0.1, -0.05) is 23.8 Å². The van der Waals surface area contributed by atoms with Gasteiger partial charge in [0, 0.05) is 31.0 Å². The molecule has 3 rings (SSSR count). The van der Waals surface area contributed by atoms with Crippen LogP contribution in [-0.4, -0.2) is 31.2 Å². The molecular formula is C16H16F2N6O2S. The zero-order chi connectivity index (χ0) is 19.2. The predicted octanol–water partition coefficient (Wildman–Crippen LogP) is 2.89. The van der Waals surface area contributed by atoms with Crippen LogP contribution in [0.5, 0.6) is 0 Å². The molecule has 0 saturated carbocycles. The molecule has 27 heavy (non-hydrogen) atoms. The number of carbonyl (C=O) groups is 1. The first-order chi connectivity index (χ1) is 13.0. The highest BCUT2D eigenvalue weighted by Crippen LogP contribution is 2.18. The molecule has 142 valence electrons. The van der Waals surface area contributed by atoms with Crippen LogP contribution in [0.15, 0.2) is 27.9 Å². The van der Waals surface area contributed by atoms with Crippen LogP contribution in [0.25, 0.3) is 0 Å². The number of amides is 1. The fourth-order valence-corrected chi connectivity index (χ4v) is 2.81. The number of H-pyrrole nitrogens is 1. The Morgan fingerprint density at radius 2 is 2.04 bits per heavy atom. The maximum absolute atomic E-state index is 13.1. The molecule has 0 aliphatic heterocycles. The lowest BCUT2D eigenvalue weighted by molar-refractivity contribution is -0.116. The first-order valence-electron chi connectivity index (χ1n) is 8.13. The fourth-order valence-electron chi connectivity index (χ4n) is 2.15. The molecule has 0 aliphatic rings. The zero-order valence-corrected chi connectivity index (χ0v) is 15.1. The Hall–Kier alpha value is -2.82. The third kappa shape index (κ3) is 5.58. The van der Waals surface area contributed by atoms with E-state index in [0.717, 1.165) is 30.4 Å². The lowest BCUT2D eigenvalue weighted by atomic mass is 10.2. The second kappa shape index (κ2) is 8.71. The van der Waals surface area contributed by atoms with E-state index in [2.05, 4.69) is 30.6 Å². The highest BCUT2D eigenvalue weighted by molar-refractivity contribution is 7.98. The number of benzene rings is 1. The third-order valence-corrected chi connectivity index (χ3v) is 4.24. The molecule has 2 heterocycles. The summed E-state index contributed by atoms with van der Waals surface area (Å²) < 4.78 is 31.3. The predicted molar refractivity (Wildman–Crippen MR) is 92.9 cm³/mol. The molecule has 2 N–H and O–H groups in total. The summed E-state index contributed by atoms with van der Waals surface area (Å²) in [5.41, 5.74) is 0.0538. The summed E-state index contributed by atoms with van der Waals surface area (Å²) in [6.45, 7) is 1.97. The third-order valence-electron chi connectivity index (χ3n) is 3.40. The van der Waals surface area contributed by atoms with Crippen molar-refractivity contribution in [2.75, 3.05) is 5.32 Å². The Morgan fingerprint density at radius 3 is 2.74 bits per heavy atom. The standard InChI is InChI=1S/C16H16F2N6O2S/c1-2-12-21-16(23-22-12)27-8-13-20-15(26-24-13)4-3-14(25)19-11-6-9(17)5-10(18)7-11/h5-7H,2-4,8H2,1H3,(H,19,25)(H,21,22,23). The van der Waals surface area contributed by atoms with E-state index in [4.69, 9.17) is 4.52 Å². The highest BCUT2D eigenvalue weighted by Gasteiger charge is 2.12. The first-order valence-corrected chi connectivity index (χ1v) is 9.12. The minimum Gasteiger partial charge on any atom is -0.339 e. The van der Waals surface area contributed by atoms with Crippen LogP contribution < -0.4 is 5.32 Å². The Labute approximate surface area is 157 Å². The molecule has 3 aromatic rings. The maximum atomic E-state index is 13.1. The van der Waals surface area contributed by atoms with Crippen LogP contribution in [0.3, 0.4) is 0 Å². The van der Waals surface area contributed by atoms with Crippen molar-refractivity contribution in [3.63, 3.8) is 0 Å². The van der Waals surface area contributed by atoms with Crippen molar-refractivity contribution in [3.05, 3.63) is 47.4 Å². The van der Waals surface area contributed by atoms with Crippen molar-refractivity contribution < 1.29 is 18.1 Å². The van der Waals surface area contributed by atoms with Gasteiger partial charge in [-0.2, -0.15) is 4.98 Å². The Bertz CT molecular complexity index is 909. The Morgan fingerprint density at radius 1 is 1.26 bits per heavy atom. The minimum atomic E-state index is -0.762. The summed E-state index contributed by atoms with van der Waals surface area (Å²) in [5.74, 6) is 0.0566. The van der Waals surface area contributed by atoms with Crippen molar-refractivity contribution in [3.8, 4) is 0 Å². The smallest absolute Gasteiger partial charge is 0.227 e. The van der Waals surface area contributed by atoms with E-state index in [-0.39, 0.29) is 18.5 Å². The monoisotopic (exact) mass is 394 g/mol. The van der Waals surface area contributed by atoms with E-state index in [0.29, 0.717) is 22.6 Å². The molecule has 1 amide bonds. The number of hydrogen-bond donors (Lipinski definition) is 2. The van der Waals surface area contributed by atoms with Gasteiger partial charge < -0.3 is 9.84 Å². The first kappa shape index (κ1) is 19.0. The van der Waals surface area contributed by atoms with Crippen molar-refractivity contribution in [1.82, 2.24) is 25.3 Å².